The van der Waals surface area contributed by atoms with Crippen molar-refractivity contribution in [3.63, 3.8) is 0 Å². The summed E-state index contributed by atoms with van der Waals surface area (Å²) in [4.78, 5) is 28.7. The third-order valence-corrected chi connectivity index (χ3v) is 5.15. The van der Waals surface area contributed by atoms with E-state index < -0.39 is 0 Å². The van der Waals surface area contributed by atoms with Crippen molar-refractivity contribution in [2.75, 3.05) is 44.6 Å². The van der Waals surface area contributed by atoms with E-state index in [0.29, 0.717) is 19.1 Å². The van der Waals surface area contributed by atoms with Gasteiger partial charge in [0.2, 0.25) is 11.8 Å². The van der Waals surface area contributed by atoms with Gasteiger partial charge >= 0.3 is 0 Å². The van der Waals surface area contributed by atoms with Gasteiger partial charge in [0.15, 0.2) is 0 Å². The lowest BCUT2D eigenvalue weighted by Gasteiger charge is -2.34. The molecule has 2 amide bonds. The number of benzene rings is 1. The van der Waals surface area contributed by atoms with Gasteiger partial charge in [0, 0.05) is 37.9 Å². The number of amides is 2. The molecule has 27 heavy (non-hydrogen) atoms. The van der Waals surface area contributed by atoms with Crippen molar-refractivity contribution in [1.29, 1.82) is 0 Å². The van der Waals surface area contributed by atoms with Gasteiger partial charge < -0.3 is 10.6 Å². The molecule has 6 heteroatoms. The van der Waals surface area contributed by atoms with Gasteiger partial charge in [-0.2, -0.15) is 0 Å². The maximum atomic E-state index is 12.5. The van der Waals surface area contributed by atoms with Crippen molar-refractivity contribution < 1.29 is 9.59 Å². The number of carbonyl (C=O) groups excluding carboxylic acids is 2. The molecule has 1 aromatic carbocycles. The fraction of sp³-hybridized carbons (Fsp3) is 0.619. The van der Waals surface area contributed by atoms with Gasteiger partial charge in [-0.25, -0.2) is 0 Å². The molecule has 0 radical (unpaired) electrons. The van der Waals surface area contributed by atoms with Crippen LogP contribution in [0.15, 0.2) is 24.3 Å². The third-order valence-electron chi connectivity index (χ3n) is 5.15. The Kier molecular flexibility index (Phi) is 6.17. The fourth-order valence-electron chi connectivity index (χ4n) is 3.45. The summed E-state index contributed by atoms with van der Waals surface area (Å²) >= 11 is 0. The molecule has 1 aliphatic heterocycles. The normalized spacial score (nSPS) is 18.9. The zero-order chi connectivity index (χ0) is 19.4. The van der Waals surface area contributed by atoms with E-state index in [1.54, 1.807) is 0 Å². The summed E-state index contributed by atoms with van der Waals surface area (Å²) in [6.07, 6.45) is 2.24. The van der Waals surface area contributed by atoms with Crippen molar-refractivity contribution in [3.8, 4) is 0 Å². The van der Waals surface area contributed by atoms with Gasteiger partial charge in [-0.15, -0.1) is 0 Å². The molecule has 3 rings (SSSR count). The number of piperazine rings is 1. The number of hydrogen-bond donors (Lipinski definition) is 2. The van der Waals surface area contributed by atoms with Gasteiger partial charge in [0.1, 0.15) is 0 Å². The van der Waals surface area contributed by atoms with Gasteiger partial charge in [0.25, 0.3) is 0 Å². The lowest BCUT2D eigenvalue weighted by atomic mass is 9.86. The second-order valence-corrected chi connectivity index (χ2v) is 8.74. The smallest absolute Gasteiger partial charge is 0.238 e. The molecule has 2 fully saturated rings. The summed E-state index contributed by atoms with van der Waals surface area (Å²) in [5.41, 5.74) is 2.02. The lowest BCUT2D eigenvalue weighted by molar-refractivity contribution is -0.123. The minimum absolute atomic E-state index is 0.0173. The SMILES string of the molecule is CC(C)(C)c1ccccc1NC(=O)CN1CCN(CC(=O)NC2CC2)CC1. The highest BCUT2D eigenvalue weighted by atomic mass is 16.2. The number of nitrogens with one attached hydrogen (secondary N) is 2. The van der Waals surface area contributed by atoms with Gasteiger partial charge in [-0.05, 0) is 29.9 Å². The summed E-state index contributed by atoms with van der Waals surface area (Å²) in [5, 5.41) is 6.11. The van der Waals surface area contributed by atoms with Crippen LogP contribution in [0.5, 0.6) is 0 Å². The van der Waals surface area contributed by atoms with Crippen molar-refractivity contribution in [2.45, 2.75) is 45.1 Å². The Morgan fingerprint density at radius 3 is 2.07 bits per heavy atom. The zero-order valence-electron chi connectivity index (χ0n) is 16.8. The van der Waals surface area contributed by atoms with Crippen LogP contribution >= 0.6 is 0 Å². The standard InChI is InChI=1S/C21H32N4O2/c1-21(2,3)17-6-4-5-7-18(17)23-20(27)15-25-12-10-24(11-13-25)14-19(26)22-16-8-9-16/h4-7,16H,8-15H2,1-3H3,(H,22,26)(H,23,27). The average molecular weight is 373 g/mol. The molecule has 0 atom stereocenters. The van der Waals surface area contributed by atoms with Crippen molar-refractivity contribution in [3.05, 3.63) is 29.8 Å². The molecule has 1 aromatic rings. The van der Waals surface area contributed by atoms with E-state index >= 15 is 0 Å². The lowest BCUT2D eigenvalue weighted by Crippen LogP contribution is -2.51. The van der Waals surface area contributed by atoms with Gasteiger partial charge in [0.05, 0.1) is 13.1 Å². The number of hydrogen-bond acceptors (Lipinski definition) is 4. The van der Waals surface area contributed by atoms with Crippen LogP contribution in [0.4, 0.5) is 5.69 Å². The maximum Gasteiger partial charge on any atom is 0.238 e. The van der Waals surface area contributed by atoms with Crippen LogP contribution in [0.3, 0.4) is 0 Å². The Morgan fingerprint density at radius 2 is 1.52 bits per heavy atom. The van der Waals surface area contributed by atoms with Crippen molar-refractivity contribution in [1.82, 2.24) is 15.1 Å². The van der Waals surface area contributed by atoms with Crippen molar-refractivity contribution in [2.24, 2.45) is 0 Å². The second kappa shape index (κ2) is 8.40. The van der Waals surface area contributed by atoms with E-state index in [2.05, 4.69) is 47.3 Å². The first-order chi connectivity index (χ1) is 12.8. The summed E-state index contributed by atoms with van der Waals surface area (Å²) in [7, 11) is 0. The molecule has 2 N–H and O–H groups in total. The predicted molar refractivity (Wildman–Crippen MR) is 108 cm³/mol. The monoisotopic (exact) mass is 372 g/mol. The highest BCUT2D eigenvalue weighted by Gasteiger charge is 2.26. The van der Waals surface area contributed by atoms with Crippen LogP contribution in [-0.2, 0) is 15.0 Å². The maximum absolute atomic E-state index is 12.5. The molecule has 0 spiro atoms. The number of nitrogens with zero attached hydrogens (tertiary/aromatic N) is 2. The van der Waals surface area contributed by atoms with Crippen LogP contribution in [0.1, 0.15) is 39.2 Å². The molecule has 0 unspecified atom stereocenters. The Hall–Kier alpha value is -1.92. The fourth-order valence-corrected chi connectivity index (χ4v) is 3.45. The second-order valence-electron chi connectivity index (χ2n) is 8.74. The van der Waals surface area contributed by atoms with E-state index in [4.69, 9.17) is 0 Å². The molecule has 1 heterocycles. The van der Waals surface area contributed by atoms with E-state index in [0.717, 1.165) is 50.3 Å². The topological polar surface area (TPSA) is 64.7 Å². The minimum atomic E-state index is -0.0173. The molecule has 0 aromatic heterocycles. The summed E-state index contributed by atoms with van der Waals surface area (Å²) in [6.45, 7) is 10.6. The van der Waals surface area contributed by atoms with Crippen molar-refractivity contribution >= 4 is 17.5 Å². The first-order valence-electron chi connectivity index (χ1n) is 9.95. The highest BCUT2D eigenvalue weighted by Crippen LogP contribution is 2.29. The molecule has 2 aliphatic rings. The quantitative estimate of drug-likeness (QED) is 0.800. The first-order valence-corrected chi connectivity index (χ1v) is 9.95. The Balaban J connectivity index is 1.44. The molecule has 1 saturated carbocycles. The minimum Gasteiger partial charge on any atom is -0.352 e. The van der Waals surface area contributed by atoms with Gasteiger partial charge in [-0.3, -0.25) is 19.4 Å². The largest absolute Gasteiger partial charge is 0.352 e. The Labute approximate surface area is 162 Å². The molecule has 6 nitrogen and oxygen atoms in total. The predicted octanol–water partition coefficient (Wildman–Crippen LogP) is 1.82. The molecule has 0 bridgehead atoms. The average Bonchev–Trinajstić information content (AvgIpc) is 3.40. The third kappa shape index (κ3) is 6.04. The van der Waals surface area contributed by atoms with Crippen LogP contribution < -0.4 is 10.6 Å². The Morgan fingerprint density at radius 1 is 0.963 bits per heavy atom. The molecular formula is C21H32N4O2. The van der Waals surface area contributed by atoms with Crippen LogP contribution in [-0.4, -0.2) is 66.9 Å². The molecule has 1 aliphatic carbocycles. The van der Waals surface area contributed by atoms with Crippen LogP contribution in [0.2, 0.25) is 0 Å². The van der Waals surface area contributed by atoms with Crippen LogP contribution in [0, 0.1) is 0 Å². The van der Waals surface area contributed by atoms with E-state index in [1.165, 1.54) is 0 Å². The van der Waals surface area contributed by atoms with Crippen LogP contribution in [0.25, 0.3) is 0 Å². The molecule has 148 valence electrons. The highest BCUT2D eigenvalue weighted by molar-refractivity contribution is 5.93. The molecule has 1 saturated heterocycles. The number of anilines is 1. The number of para-hydroxylation sites is 1. The zero-order valence-corrected chi connectivity index (χ0v) is 16.8. The summed E-state index contributed by atoms with van der Waals surface area (Å²) in [5.74, 6) is 0.147. The van der Waals surface area contributed by atoms with E-state index in [1.807, 2.05) is 18.2 Å². The Bertz CT molecular complexity index is 671. The first kappa shape index (κ1) is 19.8. The summed E-state index contributed by atoms with van der Waals surface area (Å²) in [6, 6.07) is 8.42. The number of rotatable bonds is 6. The summed E-state index contributed by atoms with van der Waals surface area (Å²) < 4.78 is 0. The van der Waals surface area contributed by atoms with E-state index in [-0.39, 0.29) is 17.2 Å². The van der Waals surface area contributed by atoms with E-state index in [9.17, 15) is 9.59 Å². The van der Waals surface area contributed by atoms with Gasteiger partial charge in [-0.1, -0.05) is 39.0 Å². The number of carbonyl (C=O) groups is 2. The molecular weight excluding hydrogens is 340 g/mol.